The lowest BCUT2D eigenvalue weighted by Gasteiger charge is -2.19. The maximum Gasteiger partial charge on any atom is 0.293 e. The summed E-state index contributed by atoms with van der Waals surface area (Å²) < 4.78 is 6.64. The van der Waals surface area contributed by atoms with E-state index < -0.39 is 0 Å². The van der Waals surface area contributed by atoms with Crippen LogP contribution in [0.5, 0.6) is 0 Å². The zero-order valence-electron chi connectivity index (χ0n) is 13.7. The van der Waals surface area contributed by atoms with Crippen molar-refractivity contribution in [1.82, 2.24) is 4.90 Å². The van der Waals surface area contributed by atoms with E-state index in [0.717, 1.165) is 27.6 Å². The standard InChI is InChI=1S/C18H16BrNO3S2/c1-3-11(2)20-16(21)15(25-18(20)22)10-12-9-14(19)17(23-12)24-13-7-5-4-6-8-13/h4-11H,3H2,1-2H3/b15-10+/t11-/m1/s1. The highest BCUT2D eigenvalue weighted by Gasteiger charge is 2.37. The minimum Gasteiger partial charge on any atom is -0.449 e. The van der Waals surface area contributed by atoms with Crippen LogP contribution in [0.15, 0.2) is 60.2 Å². The van der Waals surface area contributed by atoms with Crippen molar-refractivity contribution in [1.29, 1.82) is 0 Å². The molecule has 0 saturated carbocycles. The predicted molar refractivity (Wildman–Crippen MR) is 105 cm³/mol. The molecule has 1 atom stereocenters. The number of furan rings is 1. The lowest BCUT2D eigenvalue weighted by atomic mass is 10.2. The average molecular weight is 438 g/mol. The first-order valence-corrected chi connectivity index (χ1v) is 10.2. The van der Waals surface area contributed by atoms with Crippen molar-refractivity contribution in [2.24, 2.45) is 0 Å². The molecule has 1 aliphatic rings. The molecule has 1 aliphatic heterocycles. The Balaban J connectivity index is 1.82. The van der Waals surface area contributed by atoms with Crippen molar-refractivity contribution in [3.05, 3.63) is 51.5 Å². The van der Waals surface area contributed by atoms with Gasteiger partial charge in [0.1, 0.15) is 5.76 Å². The Hall–Kier alpha value is -1.44. The van der Waals surface area contributed by atoms with Gasteiger partial charge in [-0.1, -0.05) is 36.9 Å². The molecule has 1 aromatic carbocycles. The van der Waals surface area contributed by atoms with Gasteiger partial charge in [0.15, 0.2) is 5.09 Å². The van der Waals surface area contributed by atoms with Gasteiger partial charge >= 0.3 is 0 Å². The van der Waals surface area contributed by atoms with Crippen LogP contribution in [0.2, 0.25) is 0 Å². The van der Waals surface area contributed by atoms with Gasteiger partial charge in [-0.15, -0.1) is 0 Å². The number of hydrogen-bond donors (Lipinski definition) is 0. The predicted octanol–water partition coefficient (Wildman–Crippen LogP) is 6.03. The van der Waals surface area contributed by atoms with Crippen LogP contribution in [-0.4, -0.2) is 22.1 Å². The Kier molecular flexibility index (Phi) is 5.76. The van der Waals surface area contributed by atoms with Crippen molar-refractivity contribution in [2.45, 2.75) is 36.3 Å². The van der Waals surface area contributed by atoms with E-state index in [-0.39, 0.29) is 17.2 Å². The van der Waals surface area contributed by atoms with Gasteiger partial charge in [-0.3, -0.25) is 14.5 Å². The maximum absolute atomic E-state index is 12.5. The second-order valence-electron chi connectivity index (χ2n) is 5.51. The number of imide groups is 1. The van der Waals surface area contributed by atoms with E-state index in [1.807, 2.05) is 50.2 Å². The summed E-state index contributed by atoms with van der Waals surface area (Å²) in [5, 5.41) is 0.480. The first kappa shape index (κ1) is 18.4. The second kappa shape index (κ2) is 7.85. The lowest BCUT2D eigenvalue weighted by molar-refractivity contribution is -0.124. The Labute approximate surface area is 163 Å². The first-order valence-electron chi connectivity index (χ1n) is 7.79. The van der Waals surface area contributed by atoms with Gasteiger partial charge in [0.25, 0.3) is 11.1 Å². The summed E-state index contributed by atoms with van der Waals surface area (Å²) in [5.41, 5.74) is 0. The summed E-state index contributed by atoms with van der Waals surface area (Å²) in [6.45, 7) is 3.83. The van der Waals surface area contributed by atoms with Crippen LogP contribution < -0.4 is 0 Å². The monoisotopic (exact) mass is 437 g/mol. The van der Waals surface area contributed by atoms with E-state index in [1.54, 1.807) is 6.08 Å². The smallest absolute Gasteiger partial charge is 0.293 e. The zero-order chi connectivity index (χ0) is 18.0. The first-order chi connectivity index (χ1) is 12.0. The van der Waals surface area contributed by atoms with Gasteiger partial charge in [-0.2, -0.15) is 0 Å². The lowest BCUT2D eigenvalue weighted by Crippen LogP contribution is -2.36. The molecule has 2 heterocycles. The second-order valence-corrected chi connectivity index (χ2v) is 8.40. The van der Waals surface area contributed by atoms with Gasteiger partial charge in [0, 0.05) is 17.0 Å². The molecule has 1 saturated heterocycles. The zero-order valence-corrected chi connectivity index (χ0v) is 16.9. The Morgan fingerprint density at radius 3 is 2.72 bits per heavy atom. The molecule has 4 nitrogen and oxygen atoms in total. The van der Waals surface area contributed by atoms with Gasteiger partial charge in [0.2, 0.25) is 0 Å². The molecule has 0 bridgehead atoms. The fourth-order valence-corrected chi connectivity index (χ4v) is 4.54. The highest BCUT2D eigenvalue weighted by atomic mass is 79.9. The van der Waals surface area contributed by atoms with Crippen LogP contribution in [0.3, 0.4) is 0 Å². The van der Waals surface area contributed by atoms with E-state index in [1.165, 1.54) is 16.7 Å². The molecule has 0 spiro atoms. The van der Waals surface area contributed by atoms with Crippen molar-refractivity contribution in [2.75, 3.05) is 0 Å². The molecule has 0 radical (unpaired) electrons. The highest BCUT2D eigenvalue weighted by molar-refractivity contribution is 9.10. The molecular weight excluding hydrogens is 422 g/mol. The molecule has 3 rings (SSSR count). The number of carbonyl (C=O) groups is 2. The molecule has 7 heteroatoms. The van der Waals surface area contributed by atoms with Crippen LogP contribution in [0.25, 0.3) is 6.08 Å². The normalized spacial score (nSPS) is 17.6. The number of thioether (sulfide) groups is 1. The number of halogens is 1. The molecular formula is C18H16BrNO3S2. The van der Waals surface area contributed by atoms with Crippen LogP contribution in [0.1, 0.15) is 26.0 Å². The third-order valence-corrected chi connectivity index (χ3v) is 6.49. The third kappa shape index (κ3) is 4.04. The van der Waals surface area contributed by atoms with E-state index in [0.29, 0.717) is 15.8 Å². The number of nitrogens with zero attached hydrogens (tertiary/aromatic N) is 1. The number of rotatable bonds is 5. The van der Waals surface area contributed by atoms with Crippen LogP contribution in [0, 0.1) is 0 Å². The molecule has 1 aromatic heterocycles. The number of amides is 2. The molecule has 130 valence electrons. The molecule has 2 amide bonds. The fourth-order valence-electron chi connectivity index (χ4n) is 2.28. The number of hydrogen-bond acceptors (Lipinski definition) is 5. The molecule has 2 aromatic rings. The SMILES string of the molecule is CC[C@@H](C)N1C(=O)S/C(=C/c2cc(Br)c(Sc3ccccc3)o2)C1=O. The minimum atomic E-state index is -0.255. The summed E-state index contributed by atoms with van der Waals surface area (Å²) in [7, 11) is 0. The maximum atomic E-state index is 12.5. The van der Waals surface area contributed by atoms with Crippen molar-refractivity contribution in [3.8, 4) is 0 Å². The van der Waals surface area contributed by atoms with Gasteiger partial charge in [-0.25, -0.2) is 0 Å². The highest BCUT2D eigenvalue weighted by Crippen LogP contribution is 2.38. The average Bonchev–Trinajstić information content (AvgIpc) is 3.07. The van der Waals surface area contributed by atoms with Crippen LogP contribution in [0.4, 0.5) is 4.79 Å². The van der Waals surface area contributed by atoms with E-state index in [4.69, 9.17) is 4.42 Å². The number of carbonyl (C=O) groups excluding carboxylic acids is 2. The molecule has 25 heavy (non-hydrogen) atoms. The fraction of sp³-hybridized carbons (Fsp3) is 0.222. The van der Waals surface area contributed by atoms with E-state index in [9.17, 15) is 9.59 Å². The van der Waals surface area contributed by atoms with Crippen LogP contribution in [-0.2, 0) is 4.79 Å². The third-order valence-electron chi connectivity index (χ3n) is 3.76. The molecule has 0 N–H and O–H groups in total. The Morgan fingerprint density at radius 2 is 2.04 bits per heavy atom. The van der Waals surface area contributed by atoms with E-state index in [2.05, 4.69) is 15.9 Å². The van der Waals surface area contributed by atoms with Gasteiger partial charge in [-0.05, 0) is 59.2 Å². The Morgan fingerprint density at radius 1 is 1.32 bits per heavy atom. The minimum absolute atomic E-state index is 0.106. The number of benzene rings is 1. The summed E-state index contributed by atoms with van der Waals surface area (Å²) in [4.78, 5) is 27.3. The van der Waals surface area contributed by atoms with Crippen LogP contribution >= 0.6 is 39.5 Å². The van der Waals surface area contributed by atoms with Crippen molar-refractivity contribution in [3.63, 3.8) is 0 Å². The Bertz CT molecular complexity index is 832. The summed E-state index contributed by atoms with van der Waals surface area (Å²) in [6, 6.07) is 11.6. The molecule has 0 aliphatic carbocycles. The molecule has 0 unspecified atom stereocenters. The van der Waals surface area contributed by atoms with Gasteiger partial charge in [0.05, 0.1) is 9.38 Å². The molecule has 1 fully saturated rings. The van der Waals surface area contributed by atoms with Gasteiger partial charge < -0.3 is 4.42 Å². The van der Waals surface area contributed by atoms with Crippen molar-refractivity contribution >= 4 is 56.7 Å². The van der Waals surface area contributed by atoms with Crippen molar-refractivity contribution < 1.29 is 14.0 Å². The summed E-state index contributed by atoms with van der Waals surface area (Å²) in [5.74, 6) is 0.286. The quantitative estimate of drug-likeness (QED) is 0.534. The largest absolute Gasteiger partial charge is 0.449 e. The summed E-state index contributed by atoms with van der Waals surface area (Å²) >= 11 is 5.93. The summed E-state index contributed by atoms with van der Waals surface area (Å²) in [6.07, 6.45) is 2.36. The topological polar surface area (TPSA) is 50.5 Å². The van der Waals surface area contributed by atoms with E-state index >= 15 is 0 Å².